The highest BCUT2D eigenvalue weighted by atomic mass is 16.5. The second-order valence-corrected chi connectivity index (χ2v) is 9.66. The van der Waals surface area contributed by atoms with Crippen LogP contribution in [0.1, 0.15) is 73.1 Å². The topological polar surface area (TPSA) is 99.4 Å². The number of hydrogen-bond acceptors (Lipinski definition) is 6. The normalized spacial score (nSPS) is 39.0. The molecule has 26 heavy (non-hydrogen) atoms. The Morgan fingerprint density at radius 1 is 1.08 bits per heavy atom. The van der Waals surface area contributed by atoms with Gasteiger partial charge in [-0.2, -0.15) is 0 Å². The van der Waals surface area contributed by atoms with Gasteiger partial charge in [-0.3, -0.25) is 0 Å². The maximum Gasteiger partial charge on any atom is 0.118 e. The minimum atomic E-state index is -1.21. The minimum absolute atomic E-state index is 0.137. The van der Waals surface area contributed by atoms with E-state index in [-0.39, 0.29) is 12.5 Å². The lowest BCUT2D eigenvalue weighted by atomic mass is 9.72. The zero-order valence-electron chi connectivity index (χ0n) is 16.8. The van der Waals surface area contributed by atoms with Gasteiger partial charge in [-0.05, 0) is 79.1 Å². The molecule has 0 radical (unpaired) electrons. The quantitative estimate of drug-likeness (QED) is 0.493. The molecule has 0 aromatic heterocycles. The van der Waals surface area contributed by atoms with Gasteiger partial charge in [0.25, 0.3) is 0 Å². The molecule has 6 heteroatoms. The molecule has 2 aliphatic carbocycles. The standard InChI is InChI=1S/C20H35NO5/c1-16(2,22)15-6-8-19(23,9-7-15)14-26-17(3,4)20(24)12-10-18(5,21-25)11-13-20/h10,12,15,22-24H,6-9,11,13-14H2,1-5H3. The first-order chi connectivity index (χ1) is 11.7. The van der Waals surface area contributed by atoms with Gasteiger partial charge in [-0.15, -0.1) is 4.91 Å². The molecule has 0 aliphatic heterocycles. The van der Waals surface area contributed by atoms with Gasteiger partial charge in [0, 0.05) is 0 Å². The van der Waals surface area contributed by atoms with Crippen LogP contribution in [0.2, 0.25) is 0 Å². The van der Waals surface area contributed by atoms with Crippen molar-refractivity contribution in [3.63, 3.8) is 0 Å². The fourth-order valence-corrected chi connectivity index (χ4v) is 3.95. The fraction of sp³-hybridized carbons (Fsp3) is 0.900. The zero-order valence-corrected chi connectivity index (χ0v) is 16.8. The van der Waals surface area contributed by atoms with Gasteiger partial charge in [0.2, 0.25) is 0 Å². The lowest BCUT2D eigenvalue weighted by Gasteiger charge is -2.46. The van der Waals surface area contributed by atoms with Crippen molar-refractivity contribution >= 4 is 0 Å². The molecule has 1 fully saturated rings. The third-order valence-electron chi connectivity index (χ3n) is 6.60. The van der Waals surface area contributed by atoms with Crippen LogP contribution in [0.5, 0.6) is 0 Å². The molecule has 150 valence electrons. The molecule has 0 spiro atoms. The first kappa shape index (κ1) is 21.5. The molecule has 0 aromatic carbocycles. The van der Waals surface area contributed by atoms with Crippen LogP contribution in [0, 0.1) is 10.8 Å². The van der Waals surface area contributed by atoms with Crippen molar-refractivity contribution in [3.05, 3.63) is 17.1 Å². The molecule has 2 unspecified atom stereocenters. The number of rotatable bonds is 6. The van der Waals surface area contributed by atoms with E-state index in [1.807, 2.05) is 13.8 Å². The third kappa shape index (κ3) is 4.53. The van der Waals surface area contributed by atoms with Crippen molar-refractivity contribution in [3.8, 4) is 0 Å². The molecule has 0 aromatic rings. The van der Waals surface area contributed by atoms with E-state index in [0.29, 0.717) is 25.7 Å². The SMILES string of the molecule is CC1(N=O)C=CC(O)(C(C)(C)OCC2(O)CCC(C(C)(C)O)CC2)CC1. The molecule has 6 nitrogen and oxygen atoms in total. The van der Waals surface area contributed by atoms with Crippen LogP contribution in [-0.4, -0.2) is 49.9 Å². The molecule has 2 rings (SSSR count). The molecular formula is C20H35NO5. The number of aliphatic hydroxyl groups is 3. The largest absolute Gasteiger partial charge is 0.390 e. The summed E-state index contributed by atoms with van der Waals surface area (Å²) in [6.45, 7) is 9.12. The first-order valence-corrected chi connectivity index (χ1v) is 9.60. The summed E-state index contributed by atoms with van der Waals surface area (Å²) in [5, 5.41) is 35.2. The van der Waals surface area contributed by atoms with Crippen molar-refractivity contribution in [2.75, 3.05) is 6.61 Å². The monoisotopic (exact) mass is 369 g/mol. The summed E-state index contributed by atoms with van der Waals surface area (Å²) in [7, 11) is 0. The van der Waals surface area contributed by atoms with Crippen molar-refractivity contribution in [2.45, 2.75) is 101 Å². The predicted octanol–water partition coefficient (Wildman–Crippen LogP) is 3.08. The van der Waals surface area contributed by atoms with Gasteiger partial charge in [-0.25, -0.2) is 0 Å². The van der Waals surface area contributed by atoms with Crippen LogP contribution in [0.3, 0.4) is 0 Å². The van der Waals surface area contributed by atoms with E-state index in [4.69, 9.17) is 4.74 Å². The smallest absolute Gasteiger partial charge is 0.118 e. The maximum absolute atomic E-state index is 11.0. The average molecular weight is 370 g/mol. The average Bonchev–Trinajstić information content (AvgIpc) is 2.56. The lowest BCUT2D eigenvalue weighted by Crippen LogP contribution is -2.55. The molecule has 0 bridgehead atoms. The Morgan fingerprint density at radius 2 is 1.65 bits per heavy atom. The van der Waals surface area contributed by atoms with Gasteiger partial charge >= 0.3 is 0 Å². The van der Waals surface area contributed by atoms with Gasteiger partial charge in [0.15, 0.2) is 0 Å². The number of ether oxygens (including phenoxy) is 1. The molecule has 2 aliphatic rings. The number of nitrogens with zero attached hydrogens (tertiary/aromatic N) is 1. The van der Waals surface area contributed by atoms with Crippen LogP contribution in [0.25, 0.3) is 0 Å². The Kier molecular flexibility index (Phi) is 5.76. The second kappa shape index (κ2) is 6.97. The van der Waals surface area contributed by atoms with E-state index >= 15 is 0 Å². The lowest BCUT2D eigenvalue weighted by molar-refractivity contribution is -0.188. The summed E-state index contributed by atoms with van der Waals surface area (Å²) >= 11 is 0. The fourth-order valence-electron chi connectivity index (χ4n) is 3.95. The Labute approximate surface area is 156 Å². The van der Waals surface area contributed by atoms with E-state index in [9.17, 15) is 20.2 Å². The van der Waals surface area contributed by atoms with E-state index in [1.54, 1.807) is 32.9 Å². The Balaban J connectivity index is 1.98. The maximum atomic E-state index is 11.0. The van der Waals surface area contributed by atoms with E-state index in [0.717, 1.165) is 12.8 Å². The Bertz CT molecular complexity index is 545. The van der Waals surface area contributed by atoms with Crippen molar-refractivity contribution < 1.29 is 20.1 Å². The van der Waals surface area contributed by atoms with Crippen LogP contribution in [0.15, 0.2) is 17.3 Å². The van der Waals surface area contributed by atoms with Crippen LogP contribution < -0.4 is 0 Å². The molecule has 3 N–H and O–H groups in total. The molecule has 0 heterocycles. The third-order valence-corrected chi connectivity index (χ3v) is 6.60. The van der Waals surface area contributed by atoms with Gasteiger partial charge in [-0.1, -0.05) is 17.3 Å². The summed E-state index contributed by atoms with van der Waals surface area (Å²) in [6.07, 6.45) is 6.73. The highest BCUT2D eigenvalue weighted by Crippen LogP contribution is 2.42. The summed E-state index contributed by atoms with van der Waals surface area (Å²) in [4.78, 5) is 10.9. The van der Waals surface area contributed by atoms with Crippen molar-refractivity contribution in [1.29, 1.82) is 0 Å². The molecule has 2 atom stereocenters. The second-order valence-electron chi connectivity index (χ2n) is 9.66. The molecule has 0 saturated heterocycles. The van der Waals surface area contributed by atoms with E-state index in [1.165, 1.54) is 0 Å². The van der Waals surface area contributed by atoms with E-state index in [2.05, 4.69) is 5.18 Å². The predicted molar refractivity (Wildman–Crippen MR) is 101 cm³/mol. The van der Waals surface area contributed by atoms with Crippen LogP contribution in [0.4, 0.5) is 0 Å². The van der Waals surface area contributed by atoms with Crippen molar-refractivity contribution in [1.82, 2.24) is 0 Å². The van der Waals surface area contributed by atoms with Gasteiger partial charge < -0.3 is 20.1 Å². The highest BCUT2D eigenvalue weighted by Gasteiger charge is 2.48. The Hall–Kier alpha value is -0.820. The summed E-state index contributed by atoms with van der Waals surface area (Å²) in [5.74, 6) is 0.176. The number of hydrogen-bond donors (Lipinski definition) is 3. The zero-order chi connectivity index (χ0) is 19.9. The summed E-state index contributed by atoms with van der Waals surface area (Å²) in [6, 6.07) is 0. The minimum Gasteiger partial charge on any atom is -0.390 e. The Morgan fingerprint density at radius 3 is 2.08 bits per heavy atom. The van der Waals surface area contributed by atoms with Gasteiger partial charge in [0.05, 0.1) is 23.4 Å². The summed E-state index contributed by atoms with van der Waals surface area (Å²) < 4.78 is 6.01. The van der Waals surface area contributed by atoms with Crippen LogP contribution >= 0.6 is 0 Å². The van der Waals surface area contributed by atoms with Crippen LogP contribution in [-0.2, 0) is 4.74 Å². The number of nitroso groups, excluding NO2 is 1. The van der Waals surface area contributed by atoms with Crippen molar-refractivity contribution in [2.24, 2.45) is 11.1 Å². The highest BCUT2D eigenvalue weighted by molar-refractivity contribution is 5.21. The summed E-state index contributed by atoms with van der Waals surface area (Å²) in [5.41, 5.74) is -4.57. The molecule has 1 saturated carbocycles. The molecule has 0 amide bonds. The molecular weight excluding hydrogens is 334 g/mol. The van der Waals surface area contributed by atoms with Gasteiger partial charge in [0.1, 0.15) is 11.1 Å². The first-order valence-electron chi connectivity index (χ1n) is 9.60. The van der Waals surface area contributed by atoms with E-state index < -0.39 is 27.9 Å².